The molecule has 0 spiro atoms. The average molecular weight is 216 g/mol. The molecule has 0 amide bonds. The minimum atomic E-state index is -0.0599. The number of carbonyl (C=O) groups excluding carboxylic acids is 1. The zero-order chi connectivity index (χ0) is 11.4. The molecule has 0 aliphatic heterocycles. The first-order valence-electron chi connectivity index (χ1n) is 5.11. The molecule has 82 valence electrons. The Bertz CT molecular complexity index is 472. The van der Waals surface area contributed by atoms with Gasteiger partial charge in [-0.1, -0.05) is 12.1 Å². The Balaban J connectivity index is 2.27. The Morgan fingerprint density at radius 1 is 1.31 bits per heavy atom. The van der Waals surface area contributed by atoms with Gasteiger partial charge in [-0.15, -0.1) is 0 Å². The Hall–Kier alpha value is -2.03. The molecule has 1 heterocycles. The molecule has 2 aromatic rings. The van der Waals surface area contributed by atoms with E-state index in [0.29, 0.717) is 23.5 Å². The lowest BCUT2D eigenvalue weighted by Crippen LogP contribution is -2.00. The van der Waals surface area contributed by atoms with Crippen molar-refractivity contribution in [3.05, 3.63) is 54.0 Å². The van der Waals surface area contributed by atoms with E-state index < -0.39 is 0 Å². The molecule has 1 aromatic carbocycles. The van der Waals surface area contributed by atoms with E-state index in [9.17, 15) is 4.79 Å². The van der Waals surface area contributed by atoms with E-state index in [1.165, 1.54) is 12.5 Å². The van der Waals surface area contributed by atoms with E-state index in [1.54, 1.807) is 24.3 Å². The molecule has 0 atom stereocenters. The molecular formula is C13H12O3. The van der Waals surface area contributed by atoms with Crippen LogP contribution in [0.4, 0.5) is 0 Å². The largest absolute Gasteiger partial charge is 0.494 e. The van der Waals surface area contributed by atoms with Crippen LogP contribution in [0, 0.1) is 0 Å². The third kappa shape index (κ3) is 2.14. The quantitative estimate of drug-likeness (QED) is 0.737. The number of furan rings is 1. The van der Waals surface area contributed by atoms with E-state index in [1.807, 2.05) is 13.0 Å². The third-order valence-electron chi connectivity index (χ3n) is 2.19. The number of ketones is 1. The Morgan fingerprint density at radius 2 is 2.19 bits per heavy atom. The second-order valence-electron chi connectivity index (χ2n) is 3.30. The van der Waals surface area contributed by atoms with Crippen LogP contribution in [0.3, 0.4) is 0 Å². The number of carbonyl (C=O) groups is 1. The lowest BCUT2D eigenvalue weighted by Gasteiger charge is -2.04. The zero-order valence-corrected chi connectivity index (χ0v) is 8.97. The molecule has 0 bridgehead atoms. The predicted molar refractivity (Wildman–Crippen MR) is 59.8 cm³/mol. The standard InChI is InChI=1S/C13H12O3/c1-2-16-12-5-3-4-10(8-12)13(14)11-6-7-15-9-11/h3-9H,2H2,1H3. The Morgan fingerprint density at radius 3 is 2.88 bits per heavy atom. The van der Waals surface area contributed by atoms with Crippen LogP contribution in [0.1, 0.15) is 22.8 Å². The van der Waals surface area contributed by atoms with E-state index in [0.717, 1.165) is 0 Å². The summed E-state index contributed by atoms with van der Waals surface area (Å²) in [5, 5.41) is 0. The fourth-order valence-corrected chi connectivity index (χ4v) is 1.45. The molecule has 0 unspecified atom stereocenters. The van der Waals surface area contributed by atoms with Gasteiger partial charge >= 0.3 is 0 Å². The van der Waals surface area contributed by atoms with Crippen molar-refractivity contribution in [2.45, 2.75) is 6.92 Å². The van der Waals surface area contributed by atoms with Crippen molar-refractivity contribution in [2.24, 2.45) is 0 Å². The second-order valence-corrected chi connectivity index (χ2v) is 3.30. The topological polar surface area (TPSA) is 39.4 Å². The molecule has 0 aliphatic carbocycles. The molecule has 0 saturated carbocycles. The molecule has 16 heavy (non-hydrogen) atoms. The summed E-state index contributed by atoms with van der Waals surface area (Å²) in [6.07, 6.45) is 2.93. The van der Waals surface area contributed by atoms with Gasteiger partial charge in [-0.25, -0.2) is 0 Å². The maximum absolute atomic E-state index is 11.9. The maximum atomic E-state index is 11.9. The predicted octanol–water partition coefficient (Wildman–Crippen LogP) is 2.91. The molecule has 0 fully saturated rings. The first-order valence-corrected chi connectivity index (χ1v) is 5.11. The van der Waals surface area contributed by atoms with E-state index >= 15 is 0 Å². The second kappa shape index (κ2) is 4.66. The van der Waals surface area contributed by atoms with Gasteiger partial charge in [0.25, 0.3) is 0 Å². The van der Waals surface area contributed by atoms with Crippen molar-refractivity contribution in [3.63, 3.8) is 0 Å². The molecule has 0 N–H and O–H groups in total. The van der Waals surface area contributed by atoms with Gasteiger partial charge in [0.2, 0.25) is 0 Å². The normalized spacial score (nSPS) is 10.1. The van der Waals surface area contributed by atoms with E-state index in [-0.39, 0.29) is 5.78 Å². The zero-order valence-electron chi connectivity index (χ0n) is 8.97. The summed E-state index contributed by atoms with van der Waals surface area (Å²) in [6.45, 7) is 2.49. The Kier molecular flexibility index (Phi) is 3.05. The highest BCUT2D eigenvalue weighted by atomic mass is 16.5. The first kappa shape index (κ1) is 10.5. The molecule has 0 saturated heterocycles. The molecular weight excluding hydrogens is 204 g/mol. The van der Waals surface area contributed by atoms with Crippen molar-refractivity contribution in [1.82, 2.24) is 0 Å². The van der Waals surface area contributed by atoms with Gasteiger partial charge in [0.1, 0.15) is 12.0 Å². The fourth-order valence-electron chi connectivity index (χ4n) is 1.45. The highest BCUT2D eigenvalue weighted by molar-refractivity contribution is 6.08. The number of hydrogen-bond donors (Lipinski definition) is 0. The summed E-state index contributed by atoms with van der Waals surface area (Å²) in [5.74, 6) is 0.646. The van der Waals surface area contributed by atoms with Crippen LogP contribution in [0.25, 0.3) is 0 Å². The summed E-state index contributed by atoms with van der Waals surface area (Å²) in [6, 6.07) is 8.78. The van der Waals surface area contributed by atoms with Crippen LogP contribution < -0.4 is 4.74 Å². The highest BCUT2D eigenvalue weighted by Crippen LogP contribution is 2.16. The number of rotatable bonds is 4. The van der Waals surface area contributed by atoms with Gasteiger partial charge in [0.05, 0.1) is 18.4 Å². The molecule has 3 nitrogen and oxygen atoms in total. The van der Waals surface area contributed by atoms with Crippen molar-refractivity contribution in [2.75, 3.05) is 6.61 Å². The van der Waals surface area contributed by atoms with Crippen LogP contribution >= 0.6 is 0 Å². The monoisotopic (exact) mass is 216 g/mol. The summed E-state index contributed by atoms with van der Waals surface area (Å²) < 4.78 is 10.2. The lowest BCUT2D eigenvalue weighted by atomic mass is 10.1. The van der Waals surface area contributed by atoms with Crippen molar-refractivity contribution in [1.29, 1.82) is 0 Å². The molecule has 3 heteroatoms. The molecule has 0 radical (unpaired) electrons. The van der Waals surface area contributed by atoms with Crippen LogP contribution in [-0.4, -0.2) is 12.4 Å². The third-order valence-corrected chi connectivity index (χ3v) is 2.19. The number of benzene rings is 1. The fraction of sp³-hybridized carbons (Fsp3) is 0.154. The number of ether oxygens (including phenoxy) is 1. The van der Waals surface area contributed by atoms with Crippen LogP contribution in [0.15, 0.2) is 47.3 Å². The van der Waals surface area contributed by atoms with Crippen molar-refractivity contribution in [3.8, 4) is 5.75 Å². The van der Waals surface area contributed by atoms with Crippen LogP contribution in [0.2, 0.25) is 0 Å². The molecule has 1 aromatic heterocycles. The van der Waals surface area contributed by atoms with E-state index in [4.69, 9.17) is 9.15 Å². The first-order chi connectivity index (χ1) is 7.81. The summed E-state index contributed by atoms with van der Waals surface area (Å²) >= 11 is 0. The molecule has 2 rings (SSSR count). The molecule has 0 aliphatic rings. The van der Waals surface area contributed by atoms with Crippen molar-refractivity contribution < 1.29 is 13.9 Å². The Labute approximate surface area is 93.7 Å². The maximum Gasteiger partial charge on any atom is 0.196 e. The van der Waals surface area contributed by atoms with Gasteiger partial charge < -0.3 is 9.15 Å². The number of hydrogen-bond acceptors (Lipinski definition) is 3. The van der Waals surface area contributed by atoms with Gasteiger partial charge in [0.15, 0.2) is 5.78 Å². The SMILES string of the molecule is CCOc1cccc(C(=O)c2ccoc2)c1. The van der Waals surface area contributed by atoms with Crippen LogP contribution in [-0.2, 0) is 0 Å². The van der Waals surface area contributed by atoms with Crippen molar-refractivity contribution >= 4 is 5.78 Å². The summed E-state index contributed by atoms with van der Waals surface area (Å²) in [4.78, 5) is 11.9. The lowest BCUT2D eigenvalue weighted by molar-refractivity contribution is 0.103. The van der Waals surface area contributed by atoms with Gasteiger partial charge in [-0.05, 0) is 25.1 Å². The highest BCUT2D eigenvalue weighted by Gasteiger charge is 2.10. The van der Waals surface area contributed by atoms with Crippen LogP contribution in [0.5, 0.6) is 5.75 Å². The minimum Gasteiger partial charge on any atom is -0.494 e. The smallest absolute Gasteiger partial charge is 0.196 e. The minimum absolute atomic E-state index is 0.0599. The van der Waals surface area contributed by atoms with Gasteiger partial charge in [-0.3, -0.25) is 4.79 Å². The van der Waals surface area contributed by atoms with Gasteiger partial charge in [0, 0.05) is 5.56 Å². The average Bonchev–Trinajstić information content (AvgIpc) is 2.82. The summed E-state index contributed by atoms with van der Waals surface area (Å²) in [5.41, 5.74) is 1.15. The summed E-state index contributed by atoms with van der Waals surface area (Å²) in [7, 11) is 0. The van der Waals surface area contributed by atoms with E-state index in [2.05, 4.69) is 0 Å². The van der Waals surface area contributed by atoms with Gasteiger partial charge in [-0.2, -0.15) is 0 Å².